The molecule has 0 unspecified atom stereocenters. The van der Waals surface area contributed by atoms with E-state index >= 15 is 0 Å². The predicted molar refractivity (Wildman–Crippen MR) is 110 cm³/mol. The summed E-state index contributed by atoms with van der Waals surface area (Å²) in [6.07, 6.45) is 3.38. The lowest BCUT2D eigenvalue weighted by atomic mass is 10.1. The zero-order chi connectivity index (χ0) is 18.7. The first-order valence-electron chi connectivity index (χ1n) is 8.69. The Bertz CT molecular complexity index is 840. The van der Waals surface area contributed by atoms with Gasteiger partial charge in [0.05, 0.1) is 10.0 Å². The number of hydrogen-bond acceptors (Lipinski definition) is 2. The van der Waals surface area contributed by atoms with Crippen LogP contribution in [0.3, 0.4) is 0 Å². The molecule has 1 saturated heterocycles. The van der Waals surface area contributed by atoms with Gasteiger partial charge in [-0.2, -0.15) is 0 Å². The fraction of sp³-hybridized carbons (Fsp3) is 0.286. The lowest BCUT2D eigenvalue weighted by Gasteiger charge is -2.36. The summed E-state index contributed by atoms with van der Waals surface area (Å²) in [6, 6.07) is 11.7. The molecule has 136 valence electrons. The molecule has 1 aliphatic heterocycles. The maximum absolute atomic E-state index is 12.4. The first kappa shape index (κ1) is 18.8. The minimum Gasteiger partial charge on any atom is -0.368 e. The lowest BCUT2D eigenvalue weighted by Crippen LogP contribution is -2.48. The molecular formula is C21H22Cl2N2O. The molecule has 0 atom stereocenters. The average Bonchev–Trinajstić information content (AvgIpc) is 2.65. The molecule has 5 heteroatoms. The first-order chi connectivity index (χ1) is 12.5. The smallest absolute Gasteiger partial charge is 0.246 e. The number of nitrogens with zero attached hydrogens (tertiary/aromatic N) is 2. The zero-order valence-corrected chi connectivity index (χ0v) is 16.5. The van der Waals surface area contributed by atoms with Gasteiger partial charge in [0.25, 0.3) is 0 Å². The highest BCUT2D eigenvalue weighted by atomic mass is 35.5. The van der Waals surface area contributed by atoms with E-state index in [9.17, 15) is 4.79 Å². The number of amides is 1. The van der Waals surface area contributed by atoms with Crippen LogP contribution in [0.4, 0.5) is 5.69 Å². The van der Waals surface area contributed by atoms with Gasteiger partial charge in [-0.05, 0) is 54.8 Å². The summed E-state index contributed by atoms with van der Waals surface area (Å²) >= 11 is 11.9. The molecule has 0 saturated carbocycles. The number of halogens is 2. The number of hydrogen-bond donors (Lipinski definition) is 0. The lowest BCUT2D eigenvalue weighted by molar-refractivity contribution is -0.126. The number of piperazine rings is 1. The van der Waals surface area contributed by atoms with Gasteiger partial charge in [-0.25, -0.2) is 0 Å². The Morgan fingerprint density at radius 3 is 2.42 bits per heavy atom. The van der Waals surface area contributed by atoms with Crippen molar-refractivity contribution in [1.82, 2.24) is 4.90 Å². The van der Waals surface area contributed by atoms with Crippen LogP contribution in [0.25, 0.3) is 6.08 Å². The first-order valence-corrected chi connectivity index (χ1v) is 9.44. The third-order valence-electron chi connectivity index (χ3n) is 4.87. The van der Waals surface area contributed by atoms with E-state index in [2.05, 4.69) is 36.9 Å². The van der Waals surface area contributed by atoms with E-state index in [1.165, 1.54) is 16.8 Å². The van der Waals surface area contributed by atoms with Gasteiger partial charge in [0.15, 0.2) is 0 Å². The van der Waals surface area contributed by atoms with E-state index in [1.54, 1.807) is 24.3 Å². The summed E-state index contributed by atoms with van der Waals surface area (Å²) in [4.78, 5) is 16.7. The van der Waals surface area contributed by atoms with Crippen LogP contribution in [-0.2, 0) is 4.79 Å². The molecule has 3 nitrogen and oxygen atoms in total. The van der Waals surface area contributed by atoms with Gasteiger partial charge in [-0.15, -0.1) is 0 Å². The summed E-state index contributed by atoms with van der Waals surface area (Å²) in [5.41, 5.74) is 4.74. The number of carbonyl (C=O) groups excluding carboxylic acids is 1. The molecule has 1 fully saturated rings. The fourth-order valence-corrected chi connectivity index (χ4v) is 3.44. The highest BCUT2D eigenvalue weighted by Gasteiger charge is 2.21. The Balaban J connectivity index is 1.60. The van der Waals surface area contributed by atoms with Crippen LogP contribution < -0.4 is 4.90 Å². The Morgan fingerprint density at radius 2 is 1.73 bits per heavy atom. The number of carbonyl (C=O) groups is 1. The molecule has 1 aliphatic rings. The largest absolute Gasteiger partial charge is 0.368 e. The van der Waals surface area contributed by atoms with Crippen LogP contribution in [0.1, 0.15) is 16.7 Å². The molecule has 1 heterocycles. The molecule has 0 N–H and O–H groups in total. The summed E-state index contributed by atoms with van der Waals surface area (Å²) in [6.45, 7) is 7.41. The molecule has 0 radical (unpaired) electrons. The zero-order valence-electron chi connectivity index (χ0n) is 15.0. The number of anilines is 1. The molecule has 0 aliphatic carbocycles. The highest BCUT2D eigenvalue weighted by molar-refractivity contribution is 6.42. The fourth-order valence-electron chi connectivity index (χ4n) is 3.13. The Labute approximate surface area is 164 Å². The molecule has 1 amide bonds. The van der Waals surface area contributed by atoms with Crippen LogP contribution in [0.15, 0.2) is 42.5 Å². The van der Waals surface area contributed by atoms with Gasteiger partial charge < -0.3 is 9.80 Å². The van der Waals surface area contributed by atoms with Gasteiger partial charge in [0.2, 0.25) is 5.91 Å². The molecule has 2 aromatic rings. The van der Waals surface area contributed by atoms with Gasteiger partial charge in [0, 0.05) is 37.9 Å². The minimum atomic E-state index is 0.0247. The predicted octanol–water partition coefficient (Wildman–Crippen LogP) is 4.97. The van der Waals surface area contributed by atoms with Crippen molar-refractivity contribution in [3.63, 3.8) is 0 Å². The molecule has 0 spiro atoms. The summed E-state index contributed by atoms with van der Waals surface area (Å²) in [5, 5.41) is 1.00. The van der Waals surface area contributed by atoms with E-state index in [4.69, 9.17) is 23.2 Å². The van der Waals surface area contributed by atoms with E-state index in [1.807, 2.05) is 11.0 Å². The van der Waals surface area contributed by atoms with E-state index < -0.39 is 0 Å². The van der Waals surface area contributed by atoms with Gasteiger partial charge in [-0.1, -0.05) is 41.4 Å². The molecule has 0 aromatic heterocycles. The van der Waals surface area contributed by atoms with Crippen molar-refractivity contribution in [1.29, 1.82) is 0 Å². The topological polar surface area (TPSA) is 23.6 Å². The third-order valence-corrected chi connectivity index (χ3v) is 5.61. The standard InChI is InChI=1S/C21H22Cl2N2O/c1-15-4-3-5-20(16(15)2)24-10-12-25(13-11-24)21(26)9-7-17-6-8-18(22)19(23)14-17/h3-9,14H,10-13H2,1-2H3/b9-7+. The molecular weight excluding hydrogens is 367 g/mol. The van der Waals surface area contributed by atoms with Crippen LogP contribution in [0, 0.1) is 13.8 Å². The second-order valence-electron chi connectivity index (χ2n) is 6.54. The van der Waals surface area contributed by atoms with Gasteiger partial charge >= 0.3 is 0 Å². The Hall–Kier alpha value is -1.97. The Kier molecular flexibility index (Phi) is 5.90. The van der Waals surface area contributed by atoms with Crippen molar-refractivity contribution in [3.8, 4) is 0 Å². The summed E-state index contributed by atoms with van der Waals surface area (Å²) in [5.74, 6) is 0.0247. The van der Waals surface area contributed by atoms with E-state index in [0.29, 0.717) is 10.0 Å². The maximum atomic E-state index is 12.4. The highest BCUT2D eigenvalue weighted by Crippen LogP contribution is 2.25. The molecule has 26 heavy (non-hydrogen) atoms. The molecule has 2 aromatic carbocycles. The maximum Gasteiger partial charge on any atom is 0.246 e. The van der Waals surface area contributed by atoms with Crippen LogP contribution in [-0.4, -0.2) is 37.0 Å². The van der Waals surface area contributed by atoms with Crippen LogP contribution in [0.5, 0.6) is 0 Å². The monoisotopic (exact) mass is 388 g/mol. The number of rotatable bonds is 3. The third kappa shape index (κ3) is 4.22. The molecule has 3 rings (SSSR count). The van der Waals surface area contributed by atoms with Gasteiger partial charge in [0.1, 0.15) is 0 Å². The van der Waals surface area contributed by atoms with E-state index in [-0.39, 0.29) is 5.91 Å². The van der Waals surface area contributed by atoms with Crippen molar-refractivity contribution >= 4 is 40.9 Å². The van der Waals surface area contributed by atoms with Gasteiger partial charge in [-0.3, -0.25) is 4.79 Å². The van der Waals surface area contributed by atoms with Crippen molar-refractivity contribution in [2.45, 2.75) is 13.8 Å². The second kappa shape index (κ2) is 8.15. The van der Waals surface area contributed by atoms with Crippen molar-refractivity contribution < 1.29 is 4.79 Å². The number of benzene rings is 2. The van der Waals surface area contributed by atoms with Crippen molar-refractivity contribution in [2.24, 2.45) is 0 Å². The quantitative estimate of drug-likeness (QED) is 0.692. The second-order valence-corrected chi connectivity index (χ2v) is 7.35. The average molecular weight is 389 g/mol. The Morgan fingerprint density at radius 1 is 1.00 bits per heavy atom. The number of aryl methyl sites for hydroxylation is 1. The van der Waals surface area contributed by atoms with Crippen LogP contribution in [0.2, 0.25) is 10.0 Å². The minimum absolute atomic E-state index is 0.0247. The van der Waals surface area contributed by atoms with Crippen LogP contribution >= 0.6 is 23.2 Å². The molecule has 0 bridgehead atoms. The van der Waals surface area contributed by atoms with Crippen molar-refractivity contribution in [3.05, 3.63) is 69.2 Å². The van der Waals surface area contributed by atoms with E-state index in [0.717, 1.165) is 31.7 Å². The normalized spacial score (nSPS) is 14.9. The summed E-state index contributed by atoms with van der Waals surface area (Å²) in [7, 11) is 0. The van der Waals surface area contributed by atoms with Crippen molar-refractivity contribution in [2.75, 3.05) is 31.1 Å². The SMILES string of the molecule is Cc1cccc(N2CCN(C(=O)/C=C/c3ccc(Cl)c(Cl)c3)CC2)c1C. The summed E-state index contributed by atoms with van der Waals surface area (Å²) < 4.78 is 0.